The van der Waals surface area contributed by atoms with Crippen molar-refractivity contribution in [1.29, 1.82) is 0 Å². The van der Waals surface area contributed by atoms with Crippen molar-refractivity contribution < 1.29 is 13.9 Å². The highest BCUT2D eigenvalue weighted by molar-refractivity contribution is 5.78. The van der Waals surface area contributed by atoms with Crippen LogP contribution in [0.5, 0.6) is 5.88 Å². The highest BCUT2D eigenvalue weighted by Crippen LogP contribution is 2.24. The van der Waals surface area contributed by atoms with Gasteiger partial charge >= 0.3 is 0 Å². The van der Waals surface area contributed by atoms with E-state index in [-0.39, 0.29) is 18.2 Å². The van der Waals surface area contributed by atoms with Crippen LogP contribution in [0.3, 0.4) is 0 Å². The third-order valence-corrected chi connectivity index (χ3v) is 6.01. The van der Waals surface area contributed by atoms with Gasteiger partial charge in [0.1, 0.15) is 12.4 Å². The highest BCUT2D eigenvalue weighted by atomic mass is 19.1. The molecule has 35 heavy (non-hydrogen) atoms. The second-order valence-electron chi connectivity index (χ2n) is 8.73. The summed E-state index contributed by atoms with van der Waals surface area (Å²) < 4.78 is 20.4. The summed E-state index contributed by atoms with van der Waals surface area (Å²) in [6, 6.07) is 12.4. The molecular formula is C26H31FN6O2. The number of aryl methyl sites for hydroxylation is 1. The number of likely N-dealkylation sites (N-methyl/N-ethyl adjacent to an activating group) is 1. The van der Waals surface area contributed by atoms with E-state index in [1.165, 1.54) is 0 Å². The molecule has 1 amide bonds. The van der Waals surface area contributed by atoms with Crippen molar-refractivity contribution in [2.45, 2.75) is 19.9 Å². The number of amides is 1. The molecule has 1 saturated heterocycles. The summed E-state index contributed by atoms with van der Waals surface area (Å²) in [5.41, 5.74) is 2.68. The molecule has 1 aliphatic rings. The van der Waals surface area contributed by atoms with Crippen molar-refractivity contribution >= 4 is 5.91 Å². The van der Waals surface area contributed by atoms with Crippen LogP contribution in [0, 0.1) is 12.9 Å². The van der Waals surface area contributed by atoms with Gasteiger partial charge in [-0.1, -0.05) is 24.3 Å². The number of hydrogen-bond acceptors (Lipinski definition) is 7. The minimum absolute atomic E-state index is 0.111. The zero-order valence-electron chi connectivity index (χ0n) is 20.2. The summed E-state index contributed by atoms with van der Waals surface area (Å²) in [5.74, 6) is 0.263. The molecule has 1 fully saturated rings. The third kappa shape index (κ3) is 7.27. The van der Waals surface area contributed by atoms with Crippen LogP contribution in [0.25, 0.3) is 11.1 Å². The molecule has 3 heterocycles. The fourth-order valence-electron chi connectivity index (χ4n) is 3.91. The molecule has 184 valence electrons. The Morgan fingerprint density at radius 1 is 1.06 bits per heavy atom. The minimum atomic E-state index is -0.576. The summed E-state index contributed by atoms with van der Waals surface area (Å²) in [5, 5.41) is 2.86. The molecule has 3 aromatic rings. The number of carbonyl (C=O) groups is 1. The first-order chi connectivity index (χ1) is 17.0. The lowest BCUT2D eigenvalue weighted by atomic mass is 10.0. The number of aromatic nitrogens is 3. The van der Waals surface area contributed by atoms with Crippen LogP contribution >= 0.6 is 0 Å². The van der Waals surface area contributed by atoms with Crippen molar-refractivity contribution in [2.24, 2.45) is 0 Å². The van der Waals surface area contributed by atoms with E-state index in [1.807, 2.05) is 12.1 Å². The number of nitrogens with one attached hydrogen (secondary N) is 1. The first kappa shape index (κ1) is 24.7. The lowest BCUT2D eigenvalue weighted by molar-refractivity contribution is -0.120. The van der Waals surface area contributed by atoms with Crippen LogP contribution in [0.2, 0.25) is 0 Å². The van der Waals surface area contributed by atoms with Gasteiger partial charge in [0.05, 0.1) is 18.7 Å². The van der Waals surface area contributed by atoms with E-state index < -0.39 is 5.95 Å². The molecule has 0 radical (unpaired) electrons. The molecule has 1 N–H and O–H groups in total. The van der Waals surface area contributed by atoms with Gasteiger partial charge in [0, 0.05) is 50.6 Å². The van der Waals surface area contributed by atoms with Gasteiger partial charge in [-0.2, -0.15) is 9.37 Å². The number of piperazine rings is 1. The largest absolute Gasteiger partial charge is 0.476 e. The van der Waals surface area contributed by atoms with Gasteiger partial charge in [-0.15, -0.1) is 0 Å². The van der Waals surface area contributed by atoms with Crippen LogP contribution < -0.4 is 10.1 Å². The molecule has 0 unspecified atom stereocenters. The number of nitrogens with zero attached hydrogens (tertiary/aromatic N) is 5. The smallest absolute Gasteiger partial charge is 0.224 e. The number of carbonyl (C=O) groups excluding carboxylic acids is 1. The monoisotopic (exact) mass is 478 g/mol. The van der Waals surface area contributed by atoms with Crippen molar-refractivity contribution in [1.82, 2.24) is 30.1 Å². The summed E-state index contributed by atoms with van der Waals surface area (Å²) in [4.78, 5) is 29.2. The number of pyridine rings is 1. The zero-order valence-corrected chi connectivity index (χ0v) is 20.2. The van der Waals surface area contributed by atoms with Gasteiger partial charge in [-0.05, 0) is 37.2 Å². The van der Waals surface area contributed by atoms with E-state index in [9.17, 15) is 9.18 Å². The van der Waals surface area contributed by atoms with Gasteiger partial charge in [0.15, 0.2) is 0 Å². The standard InChI is InChI=1S/C26H31FN6O2/c1-19-28-10-9-22(30-19)18-29-24(34)17-20-3-5-21(6-4-20)23-7-8-25(31-26(23)27)35-16-15-33-13-11-32(2)12-14-33/h3-10H,11-18H2,1-2H3,(H,29,34). The van der Waals surface area contributed by atoms with Gasteiger partial charge in [0.25, 0.3) is 0 Å². The Kier molecular flexibility index (Phi) is 8.33. The Hall–Kier alpha value is -3.43. The molecule has 9 heteroatoms. The maximum Gasteiger partial charge on any atom is 0.224 e. The van der Waals surface area contributed by atoms with Crippen molar-refractivity contribution in [2.75, 3.05) is 46.4 Å². The topological polar surface area (TPSA) is 83.5 Å². The fraction of sp³-hybridized carbons (Fsp3) is 0.385. The first-order valence-corrected chi connectivity index (χ1v) is 11.8. The predicted octanol–water partition coefficient (Wildman–Crippen LogP) is 2.47. The molecule has 0 atom stereocenters. The second-order valence-corrected chi connectivity index (χ2v) is 8.73. The van der Waals surface area contributed by atoms with Gasteiger partial charge in [-0.3, -0.25) is 9.69 Å². The Morgan fingerprint density at radius 2 is 1.83 bits per heavy atom. The van der Waals surface area contributed by atoms with Crippen LogP contribution in [-0.4, -0.2) is 77.0 Å². The third-order valence-electron chi connectivity index (χ3n) is 6.01. The van der Waals surface area contributed by atoms with E-state index in [2.05, 4.69) is 37.1 Å². The predicted molar refractivity (Wildman–Crippen MR) is 131 cm³/mol. The Balaban J connectivity index is 1.26. The summed E-state index contributed by atoms with van der Waals surface area (Å²) in [6.07, 6.45) is 1.90. The number of halogens is 1. The maximum atomic E-state index is 14.7. The van der Waals surface area contributed by atoms with E-state index in [0.29, 0.717) is 30.1 Å². The fourth-order valence-corrected chi connectivity index (χ4v) is 3.91. The van der Waals surface area contributed by atoms with E-state index in [1.54, 1.807) is 43.5 Å². The number of rotatable bonds is 9. The molecule has 8 nitrogen and oxygen atoms in total. The normalized spacial score (nSPS) is 14.6. The molecular weight excluding hydrogens is 447 g/mol. The Morgan fingerprint density at radius 3 is 2.54 bits per heavy atom. The minimum Gasteiger partial charge on any atom is -0.476 e. The molecule has 1 aliphatic heterocycles. The van der Waals surface area contributed by atoms with Gasteiger partial charge < -0.3 is 15.0 Å². The lowest BCUT2D eigenvalue weighted by Gasteiger charge is -2.32. The summed E-state index contributed by atoms with van der Waals surface area (Å²) in [6.45, 7) is 7.56. The maximum absolute atomic E-state index is 14.7. The quantitative estimate of drug-likeness (QED) is 0.473. The summed E-state index contributed by atoms with van der Waals surface area (Å²) >= 11 is 0. The molecule has 2 aromatic heterocycles. The molecule has 0 spiro atoms. The first-order valence-electron chi connectivity index (χ1n) is 11.8. The van der Waals surface area contributed by atoms with E-state index in [4.69, 9.17) is 4.74 Å². The molecule has 1 aromatic carbocycles. The Labute approximate surface area is 205 Å². The highest BCUT2D eigenvalue weighted by Gasteiger charge is 2.14. The SMILES string of the molecule is Cc1nccc(CNC(=O)Cc2ccc(-c3ccc(OCCN4CCN(C)CC4)nc3F)cc2)n1. The van der Waals surface area contributed by atoms with Crippen LogP contribution in [-0.2, 0) is 17.8 Å². The number of hydrogen-bond donors (Lipinski definition) is 1. The van der Waals surface area contributed by atoms with Gasteiger partial charge in [0.2, 0.25) is 17.7 Å². The van der Waals surface area contributed by atoms with E-state index >= 15 is 0 Å². The lowest BCUT2D eigenvalue weighted by Crippen LogP contribution is -2.45. The average molecular weight is 479 g/mol. The van der Waals surface area contributed by atoms with Gasteiger partial charge in [-0.25, -0.2) is 9.97 Å². The molecule has 0 saturated carbocycles. The van der Waals surface area contributed by atoms with Crippen molar-refractivity contribution in [3.8, 4) is 17.0 Å². The Bertz CT molecular complexity index is 1130. The molecule has 0 bridgehead atoms. The average Bonchev–Trinajstić information content (AvgIpc) is 2.85. The number of benzene rings is 1. The molecule has 0 aliphatic carbocycles. The summed E-state index contributed by atoms with van der Waals surface area (Å²) in [7, 11) is 2.12. The van der Waals surface area contributed by atoms with Crippen molar-refractivity contribution in [3.05, 3.63) is 71.7 Å². The van der Waals surface area contributed by atoms with Crippen LogP contribution in [0.4, 0.5) is 4.39 Å². The second kappa shape index (κ2) is 11.8. The number of ether oxygens (including phenoxy) is 1. The van der Waals surface area contributed by atoms with Crippen LogP contribution in [0.1, 0.15) is 17.1 Å². The van der Waals surface area contributed by atoms with E-state index in [0.717, 1.165) is 44.0 Å². The van der Waals surface area contributed by atoms with Crippen molar-refractivity contribution in [3.63, 3.8) is 0 Å². The zero-order chi connectivity index (χ0) is 24.6. The van der Waals surface area contributed by atoms with Crippen LogP contribution in [0.15, 0.2) is 48.7 Å². The molecule has 4 rings (SSSR count).